The summed E-state index contributed by atoms with van der Waals surface area (Å²) in [6.07, 6.45) is 18.9. The molecule has 4 fully saturated rings. The Balaban J connectivity index is 0.000000132. The third kappa shape index (κ3) is 4.09. The first-order valence-electron chi connectivity index (χ1n) is 16.7. The predicted molar refractivity (Wildman–Crippen MR) is 162 cm³/mol. The molecule has 0 N–H and O–H groups in total. The highest BCUT2D eigenvalue weighted by atomic mass is 16.1. The number of fused-ring (bicyclic) bond motifs is 9. The smallest absolute Gasteiger partial charge is 0.139 e. The van der Waals surface area contributed by atoms with Crippen LogP contribution in [-0.4, -0.2) is 11.6 Å². The Labute approximate surface area is 242 Å². The molecule has 214 valence electrons. The number of allylic oxidation sites excluding steroid dienone is 4. The first-order valence-corrected chi connectivity index (χ1v) is 16.7. The maximum Gasteiger partial charge on any atom is 0.139 e. The van der Waals surface area contributed by atoms with Gasteiger partial charge in [0.25, 0.3) is 0 Å². The first-order chi connectivity index (χ1) is 19.2. The van der Waals surface area contributed by atoms with Crippen molar-refractivity contribution < 1.29 is 9.59 Å². The summed E-state index contributed by atoms with van der Waals surface area (Å²) in [6.45, 7) is 9.01. The number of hydrogen-bond acceptors (Lipinski definition) is 2. The summed E-state index contributed by atoms with van der Waals surface area (Å²) in [5, 5.41) is 0. The van der Waals surface area contributed by atoms with E-state index in [1.807, 2.05) is 0 Å². The topological polar surface area (TPSA) is 34.1 Å². The van der Waals surface area contributed by atoms with Gasteiger partial charge in [-0.1, -0.05) is 60.4 Å². The number of Topliss-reactive ketones (excluding diaryl/α,β-unsaturated/α-hetero) is 2. The fraction of sp³-hybridized carbons (Fsp3) is 0.684. The molecule has 1 aromatic rings. The molecular weight excluding hydrogens is 488 g/mol. The lowest BCUT2D eigenvalue weighted by Crippen LogP contribution is -2.43. The fourth-order valence-electron chi connectivity index (χ4n) is 11.3. The SMILES string of the molecule is CC1=CCC2=C(CC[C@@H]3[C@@H]2CC[C@]2(C)C(=O)CC[C@@H]32)C1.Cc1ccc2c(c1)CC[C@@H]1[C@@H]2CC[C@]2(C)C(=O)CC[C@@H]12. The largest absolute Gasteiger partial charge is 0.299 e. The molecule has 2 nitrogen and oxygen atoms in total. The van der Waals surface area contributed by atoms with Crippen molar-refractivity contribution in [2.24, 2.45) is 40.4 Å². The van der Waals surface area contributed by atoms with Crippen molar-refractivity contribution in [3.8, 4) is 0 Å². The van der Waals surface area contributed by atoms with Crippen molar-refractivity contribution in [2.75, 3.05) is 0 Å². The maximum absolute atomic E-state index is 12.3. The molecule has 0 unspecified atom stereocenters. The van der Waals surface area contributed by atoms with Crippen LogP contribution in [0.5, 0.6) is 0 Å². The van der Waals surface area contributed by atoms with E-state index in [1.165, 1.54) is 63.4 Å². The zero-order chi connectivity index (χ0) is 27.8. The van der Waals surface area contributed by atoms with E-state index in [4.69, 9.17) is 0 Å². The Morgan fingerprint density at radius 1 is 0.725 bits per heavy atom. The molecule has 0 heterocycles. The Bertz CT molecular complexity index is 1300. The number of carbonyl (C=O) groups is 2. The van der Waals surface area contributed by atoms with E-state index in [0.29, 0.717) is 23.4 Å². The number of hydrogen-bond donors (Lipinski definition) is 0. The molecule has 0 bridgehead atoms. The summed E-state index contributed by atoms with van der Waals surface area (Å²) >= 11 is 0. The van der Waals surface area contributed by atoms with Crippen molar-refractivity contribution in [2.45, 2.75) is 124 Å². The highest BCUT2D eigenvalue weighted by Crippen LogP contribution is 2.61. The normalized spacial score (nSPS) is 41.5. The van der Waals surface area contributed by atoms with E-state index in [1.54, 1.807) is 27.8 Å². The number of aryl methyl sites for hydroxylation is 2. The molecule has 7 aliphatic carbocycles. The molecular formula is C38H50O2. The van der Waals surface area contributed by atoms with Crippen molar-refractivity contribution in [3.05, 3.63) is 57.7 Å². The second kappa shape index (κ2) is 9.81. The summed E-state index contributed by atoms with van der Waals surface area (Å²) in [6, 6.07) is 7.04. The van der Waals surface area contributed by atoms with Gasteiger partial charge in [-0.25, -0.2) is 0 Å². The Morgan fingerprint density at radius 3 is 2.05 bits per heavy atom. The standard InChI is InChI=1S/C19H26O.C19H24O/c2*1-12-3-5-14-13(11-12)4-6-16-15(14)9-10-19(2)17(16)7-8-18(19)20/h3,15-17H,4-11H2,1-2H3;3,5,11,15-17H,4,6-10H2,1-2H3/t2*15-,16-,17+,19+/m11/s1. The van der Waals surface area contributed by atoms with Gasteiger partial charge in [-0.05, 0) is 138 Å². The first kappa shape index (κ1) is 26.9. The molecule has 0 saturated heterocycles. The van der Waals surface area contributed by atoms with Gasteiger partial charge >= 0.3 is 0 Å². The van der Waals surface area contributed by atoms with Crippen LogP contribution in [0.2, 0.25) is 0 Å². The highest BCUT2D eigenvalue weighted by molar-refractivity contribution is 5.87. The second-order valence-electron chi connectivity index (χ2n) is 15.4. The number of ketones is 2. The van der Waals surface area contributed by atoms with Crippen molar-refractivity contribution in [1.29, 1.82) is 0 Å². The minimum Gasteiger partial charge on any atom is -0.299 e. The minimum atomic E-state index is 0.0172. The Hall–Kier alpha value is -1.96. The number of benzene rings is 1. The second-order valence-corrected chi connectivity index (χ2v) is 15.4. The van der Waals surface area contributed by atoms with Crippen LogP contribution in [0.3, 0.4) is 0 Å². The lowest BCUT2D eigenvalue weighted by atomic mass is 9.54. The van der Waals surface area contributed by atoms with Crippen molar-refractivity contribution in [3.63, 3.8) is 0 Å². The van der Waals surface area contributed by atoms with E-state index in [-0.39, 0.29) is 10.8 Å². The molecule has 0 amide bonds. The van der Waals surface area contributed by atoms with Crippen LogP contribution in [-0.2, 0) is 16.0 Å². The summed E-state index contributed by atoms with van der Waals surface area (Å²) in [7, 11) is 0. The summed E-state index contributed by atoms with van der Waals surface area (Å²) < 4.78 is 0. The van der Waals surface area contributed by atoms with E-state index in [0.717, 1.165) is 55.8 Å². The molecule has 0 radical (unpaired) electrons. The van der Waals surface area contributed by atoms with Crippen LogP contribution < -0.4 is 0 Å². The minimum absolute atomic E-state index is 0.0172. The lowest BCUT2D eigenvalue weighted by molar-refractivity contribution is -0.130. The van der Waals surface area contributed by atoms with Crippen molar-refractivity contribution >= 4 is 11.6 Å². The molecule has 7 aliphatic rings. The van der Waals surface area contributed by atoms with Gasteiger partial charge in [0.15, 0.2) is 0 Å². The Morgan fingerprint density at radius 2 is 1.35 bits per heavy atom. The summed E-state index contributed by atoms with van der Waals surface area (Å²) in [4.78, 5) is 24.6. The molecule has 8 atom stereocenters. The van der Waals surface area contributed by atoms with Gasteiger partial charge in [0.1, 0.15) is 11.6 Å². The van der Waals surface area contributed by atoms with Crippen LogP contribution in [0.1, 0.15) is 127 Å². The van der Waals surface area contributed by atoms with Crippen LogP contribution in [0, 0.1) is 47.3 Å². The summed E-state index contributed by atoms with van der Waals surface area (Å²) in [5.41, 5.74) is 9.75. The number of rotatable bonds is 0. The van der Waals surface area contributed by atoms with Crippen molar-refractivity contribution in [1.82, 2.24) is 0 Å². The Kier molecular flexibility index (Phi) is 6.60. The van der Waals surface area contributed by atoms with E-state index in [9.17, 15) is 9.59 Å². The van der Waals surface area contributed by atoms with Gasteiger partial charge in [0.2, 0.25) is 0 Å². The quantitative estimate of drug-likeness (QED) is 0.309. The molecule has 0 aliphatic heterocycles. The number of carbonyl (C=O) groups excluding carboxylic acids is 2. The van der Waals surface area contributed by atoms with E-state index < -0.39 is 0 Å². The molecule has 40 heavy (non-hydrogen) atoms. The molecule has 8 rings (SSSR count). The van der Waals surface area contributed by atoms with Gasteiger partial charge < -0.3 is 0 Å². The third-order valence-corrected chi connectivity index (χ3v) is 13.6. The molecule has 0 spiro atoms. The zero-order valence-electron chi connectivity index (χ0n) is 25.5. The molecule has 4 saturated carbocycles. The van der Waals surface area contributed by atoms with Gasteiger partial charge in [-0.15, -0.1) is 0 Å². The monoisotopic (exact) mass is 538 g/mol. The maximum atomic E-state index is 12.3. The van der Waals surface area contributed by atoms with Gasteiger partial charge in [0, 0.05) is 23.7 Å². The lowest BCUT2D eigenvalue weighted by Gasteiger charge is -2.49. The average molecular weight is 539 g/mol. The average Bonchev–Trinajstić information content (AvgIpc) is 3.43. The molecule has 0 aromatic heterocycles. The predicted octanol–water partition coefficient (Wildman–Crippen LogP) is 9.25. The van der Waals surface area contributed by atoms with Gasteiger partial charge in [-0.3, -0.25) is 9.59 Å². The van der Waals surface area contributed by atoms with Gasteiger partial charge in [-0.2, -0.15) is 0 Å². The van der Waals surface area contributed by atoms with Crippen LogP contribution in [0.15, 0.2) is 41.0 Å². The van der Waals surface area contributed by atoms with Crippen LogP contribution in [0.4, 0.5) is 0 Å². The van der Waals surface area contributed by atoms with Gasteiger partial charge in [0.05, 0.1) is 0 Å². The van der Waals surface area contributed by atoms with E-state index in [2.05, 4.69) is 52.0 Å². The fourth-order valence-corrected chi connectivity index (χ4v) is 11.3. The van der Waals surface area contributed by atoms with Crippen LogP contribution in [0.25, 0.3) is 0 Å². The summed E-state index contributed by atoms with van der Waals surface area (Å²) in [5.74, 6) is 5.57. The highest BCUT2D eigenvalue weighted by Gasteiger charge is 2.55. The third-order valence-electron chi connectivity index (χ3n) is 13.6. The van der Waals surface area contributed by atoms with Crippen LogP contribution >= 0.6 is 0 Å². The zero-order valence-corrected chi connectivity index (χ0v) is 25.5. The molecule has 2 heteroatoms. The molecule has 1 aromatic carbocycles. The van der Waals surface area contributed by atoms with E-state index >= 15 is 0 Å².